The summed E-state index contributed by atoms with van der Waals surface area (Å²) in [5, 5.41) is 0. The summed E-state index contributed by atoms with van der Waals surface area (Å²) < 4.78 is 5.43. The van der Waals surface area contributed by atoms with Gasteiger partial charge in [-0.05, 0) is 6.07 Å². The average molecular weight is 212 g/mol. The molecule has 4 heteroatoms. The Morgan fingerprint density at radius 2 is 2.21 bits per heavy atom. The predicted molar refractivity (Wildman–Crippen MR) is 59.2 cm³/mol. The van der Waals surface area contributed by atoms with Crippen molar-refractivity contribution in [1.82, 2.24) is 4.90 Å². The number of hydrogen-bond acceptors (Lipinski definition) is 4. The van der Waals surface area contributed by atoms with E-state index in [0.717, 1.165) is 17.9 Å². The summed E-state index contributed by atoms with van der Waals surface area (Å²) in [4.78, 5) is 2.43. The van der Waals surface area contributed by atoms with Crippen molar-refractivity contribution in [2.45, 2.75) is 13.1 Å². The van der Waals surface area contributed by atoms with Gasteiger partial charge in [0, 0.05) is 36.7 Å². The standard InChI is InChI=1S/C10H16N2OS/c11-6-9-5-10(13-8-9)7-12-1-3-14-4-2-12/h5,8H,1-4,6-7,11H2. The number of nitrogens with two attached hydrogens (primary N) is 1. The van der Waals surface area contributed by atoms with E-state index < -0.39 is 0 Å². The Morgan fingerprint density at radius 3 is 2.86 bits per heavy atom. The van der Waals surface area contributed by atoms with Crippen molar-refractivity contribution in [3.8, 4) is 0 Å². The van der Waals surface area contributed by atoms with E-state index in [2.05, 4.69) is 11.0 Å². The van der Waals surface area contributed by atoms with E-state index in [1.165, 1.54) is 24.6 Å². The first kappa shape index (κ1) is 10.1. The smallest absolute Gasteiger partial charge is 0.118 e. The van der Waals surface area contributed by atoms with Gasteiger partial charge in [-0.3, -0.25) is 4.90 Å². The molecule has 2 N–H and O–H groups in total. The molecule has 0 aliphatic carbocycles. The van der Waals surface area contributed by atoms with Crippen LogP contribution in [-0.2, 0) is 13.1 Å². The molecule has 1 fully saturated rings. The molecule has 1 aromatic heterocycles. The van der Waals surface area contributed by atoms with Crippen molar-refractivity contribution < 1.29 is 4.42 Å². The fourth-order valence-electron chi connectivity index (χ4n) is 1.60. The van der Waals surface area contributed by atoms with Crippen molar-refractivity contribution >= 4 is 11.8 Å². The number of nitrogens with zero attached hydrogens (tertiary/aromatic N) is 1. The largest absolute Gasteiger partial charge is 0.468 e. The zero-order valence-corrected chi connectivity index (χ0v) is 9.05. The van der Waals surface area contributed by atoms with Gasteiger partial charge in [0.1, 0.15) is 5.76 Å². The molecule has 2 rings (SSSR count). The number of furan rings is 1. The van der Waals surface area contributed by atoms with Crippen molar-refractivity contribution in [3.63, 3.8) is 0 Å². The van der Waals surface area contributed by atoms with Crippen molar-refractivity contribution in [2.75, 3.05) is 24.6 Å². The molecule has 1 aromatic rings. The van der Waals surface area contributed by atoms with Crippen LogP contribution in [0.3, 0.4) is 0 Å². The van der Waals surface area contributed by atoms with Gasteiger partial charge < -0.3 is 10.2 Å². The highest BCUT2D eigenvalue weighted by atomic mass is 32.2. The molecule has 3 nitrogen and oxygen atoms in total. The first-order chi connectivity index (χ1) is 6.88. The summed E-state index contributed by atoms with van der Waals surface area (Å²) in [7, 11) is 0. The number of thioether (sulfide) groups is 1. The molecule has 0 spiro atoms. The lowest BCUT2D eigenvalue weighted by molar-refractivity contribution is 0.268. The molecule has 1 saturated heterocycles. The zero-order valence-electron chi connectivity index (χ0n) is 8.24. The van der Waals surface area contributed by atoms with Crippen LogP contribution in [0.15, 0.2) is 16.7 Å². The van der Waals surface area contributed by atoms with E-state index in [-0.39, 0.29) is 0 Å². The third-order valence-corrected chi connectivity index (χ3v) is 3.37. The summed E-state index contributed by atoms with van der Waals surface area (Å²) in [5.74, 6) is 3.52. The van der Waals surface area contributed by atoms with Crippen LogP contribution < -0.4 is 5.73 Å². The van der Waals surface area contributed by atoms with Crippen LogP contribution in [0.1, 0.15) is 11.3 Å². The van der Waals surface area contributed by atoms with Gasteiger partial charge in [0.05, 0.1) is 12.8 Å². The third-order valence-electron chi connectivity index (χ3n) is 2.43. The second-order valence-corrected chi connectivity index (χ2v) is 4.74. The quantitative estimate of drug-likeness (QED) is 0.820. The molecule has 0 bridgehead atoms. The number of rotatable bonds is 3. The second kappa shape index (κ2) is 4.87. The van der Waals surface area contributed by atoms with Gasteiger partial charge >= 0.3 is 0 Å². The summed E-state index contributed by atoms with van der Waals surface area (Å²) in [6.07, 6.45) is 1.76. The van der Waals surface area contributed by atoms with E-state index >= 15 is 0 Å². The molecule has 0 radical (unpaired) electrons. The van der Waals surface area contributed by atoms with Gasteiger partial charge in [-0.1, -0.05) is 0 Å². The van der Waals surface area contributed by atoms with Crippen LogP contribution in [0.2, 0.25) is 0 Å². The Balaban J connectivity index is 1.89. The van der Waals surface area contributed by atoms with Crippen LogP contribution in [0.25, 0.3) is 0 Å². The Kier molecular flexibility index (Phi) is 3.50. The summed E-state index contributed by atoms with van der Waals surface area (Å²) in [6, 6.07) is 2.06. The molecule has 14 heavy (non-hydrogen) atoms. The summed E-state index contributed by atoms with van der Waals surface area (Å²) >= 11 is 2.03. The minimum absolute atomic E-state index is 0.569. The van der Waals surface area contributed by atoms with E-state index in [1.807, 2.05) is 11.8 Å². The maximum absolute atomic E-state index is 5.52. The summed E-state index contributed by atoms with van der Waals surface area (Å²) in [5.41, 5.74) is 6.61. The van der Waals surface area contributed by atoms with Crippen molar-refractivity contribution in [2.24, 2.45) is 5.73 Å². The monoisotopic (exact) mass is 212 g/mol. The minimum atomic E-state index is 0.569. The average Bonchev–Trinajstić information content (AvgIpc) is 2.67. The molecule has 1 aliphatic heterocycles. The van der Waals surface area contributed by atoms with Gasteiger partial charge in [0.2, 0.25) is 0 Å². The fraction of sp³-hybridized carbons (Fsp3) is 0.600. The van der Waals surface area contributed by atoms with Crippen LogP contribution in [0.4, 0.5) is 0 Å². The fourth-order valence-corrected chi connectivity index (χ4v) is 2.57. The predicted octanol–water partition coefficient (Wildman–Crippen LogP) is 1.29. The van der Waals surface area contributed by atoms with Crippen LogP contribution in [-0.4, -0.2) is 29.5 Å². The van der Waals surface area contributed by atoms with E-state index in [9.17, 15) is 0 Å². The van der Waals surface area contributed by atoms with E-state index in [1.54, 1.807) is 6.26 Å². The lowest BCUT2D eigenvalue weighted by atomic mass is 10.3. The molecule has 1 aliphatic rings. The molecule has 2 heterocycles. The van der Waals surface area contributed by atoms with Crippen LogP contribution in [0.5, 0.6) is 0 Å². The molecule has 0 unspecified atom stereocenters. The molecule has 0 amide bonds. The zero-order chi connectivity index (χ0) is 9.80. The van der Waals surface area contributed by atoms with Gasteiger partial charge in [-0.25, -0.2) is 0 Å². The van der Waals surface area contributed by atoms with Crippen LogP contribution in [0, 0.1) is 0 Å². The van der Waals surface area contributed by atoms with E-state index in [4.69, 9.17) is 10.2 Å². The van der Waals surface area contributed by atoms with Gasteiger partial charge in [-0.2, -0.15) is 11.8 Å². The van der Waals surface area contributed by atoms with Gasteiger partial charge in [-0.15, -0.1) is 0 Å². The van der Waals surface area contributed by atoms with E-state index in [0.29, 0.717) is 6.54 Å². The minimum Gasteiger partial charge on any atom is -0.468 e. The van der Waals surface area contributed by atoms with Gasteiger partial charge in [0.15, 0.2) is 0 Å². The summed E-state index contributed by atoms with van der Waals surface area (Å²) in [6.45, 7) is 3.84. The molecule has 78 valence electrons. The lowest BCUT2D eigenvalue weighted by Gasteiger charge is -2.24. The molecular weight excluding hydrogens is 196 g/mol. The first-order valence-corrected chi connectivity index (χ1v) is 6.10. The van der Waals surface area contributed by atoms with Crippen LogP contribution >= 0.6 is 11.8 Å². The molecular formula is C10H16N2OS. The Labute approximate surface area is 88.6 Å². The van der Waals surface area contributed by atoms with Crippen molar-refractivity contribution in [1.29, 1.82) is 0 Å². The maximum Gasteiger partial charge on any atom is 0.118 e. The highest BCUT2D eigenvalue weighted by molar-refractivity contribution is 7.99. The maximum atomic E-state index is 5.52. The lowest BCUT2D eigenvalue weighted by Crippen LogP contribution is -2.31. The highest BCUT2D eigenvalue weighted by Crippen LogP contribution is 2.14. The molecule has 0 atom stereocenters. The topological polar surface area (TPSA) is 42.4 Å². The number of hydrogen-bond donors (Lipinski definition) is 1. The Bertz CT molecular complexity index is 281. The third kappa shape index (κ3) is 2.53. The Morgan fingerprint density at radius 1 is 1.43 bits per heavy atom. The van der Waals surface area contributed by atoms with Crippen molar-refractivity contribution in [3.05, 3.63) is 23.7 Å². The Hall–Kier alpha value is -0.450. The highest BCUT2D eigenvalue weighted by Gasteiger charge is 2.12. The SMILES string of the molecule is NCc1coc(CN2CCSCC2)c1. The molecule has 0 saturated carbocycles. The molecule has 0 aromatic carbocycles. The normalized spacial score (nSPS) is 18.6. The van der Waals surface area contributed by atoms with Gasteiger partial charge in [0.25, 0.3) is 0 Å². The first-order valence-electron chi connectivity index (χ1n) is 4.95. The second-order valence-electron chi connectivity index (χ2n) is 3.51.